The third-order valence-electron chi connectivity index (χ3n) is 2.14. The molecule has 1 aromatic heterocycles. The summed E-state index contributed by atoms with van der Waals surface area (Å²) in [5.41, 5.74) is 0.560. The first kappa shape index (κ1) is 11.1. The molecule has 0 saturated carbocycles. The van der Waals surface area contributed by atoms with Gasteiger partial charge in [-0.3, -0.25) is 0 Å². The summed E-state index contributed by atoms with van der Waals surface area (Å²) in [6.07, 6.45) is 0.705. The molecule has 0 atom stereocenters. The number of nitrogens with zero attached hydrogens (tertiary/aromatic N) is 3. The van der Waals surface area contributed by atoms with Crippen LogP contribution in [0.1, 0.15) is 24.2 Å². The van der Waals surface area contributed by atoms with Gasteiger partial charge in [0.05, 0.1) is 11.6 Å². The molecule has 0 saturated heterocycles. The van der Waals surface area contributed by atoms with Crippen LogP contribution in [0.25, 0.3) is 0 Å². The Bertz CT molecular complexity index is 543. The van der Waals surface area contributed by atoms with Gasteiger partial charge in [0.1, 0.15) is 5.75 Å². The van der Waals surface area contributed by atoms with Crippen LogP contribution in [0.5, 0.6) is 5.75 Å². The quantitative estimate of drug-likeness (QED) is 0.802. The zero-order valence-electron chi connectivity index (χ0n) is 9.38. The molecule has 1 aromatic carbocycles. The fourth-order valence-corrected chi connectivity index (χ4v) is 1.30. The third kappa shape index (κ3) is 2.82. The zero-order valence-corrected chi connectivity index (χ0v) is 9.38. The number of aromatic nitrogens is 2. The second kappa shape index (κ2) is 5.12. The number of ether oxygens (including phenoxy) is 1. The van der Waals surface area contributed by atoms with Gasteiger partial charge in [-0.2, -0.15) is 10.2 Å². The van der Waals surface area contributed by atoms with Crippen molar-refractivity contribution >= 4 is 0 Å². The molecule has 0 aliphatic carbocycles. The second-order valence-electron chi connectivity index (χ2n) is 3.39. The molecule has 5 nitrogen and oxygen atoms in total. The summed E-state index contributed by atoms with van der Waals surface area (Å²) < 4.78 is 10.4. The van der Waals surface area contributed by atoms with Crippen molar-refractivity contribution in [3.05, 3.63) is 41.5 Å². The summed E-state index contributed by atoms with van der Waals surface area (Å²) >= 11 is 0. The van der Waals surface area contributed by atoms with Gasteiger partial charge in [-0.25, -0.2) is 0 Å². The minimum Gasteiger partial charge on any atom is -0.485 e. The van der Waals surface area contributed by atoms with Crippen LogP contribution >= 0.6 is 0 Å². The van der Waals surface area contributed by atoms with E-state index in [0.29, 0.717) is 29.4 Å². The number of hydrogen-bond acceptors (Lipinski definition) is 5. The van der Waals surface area contributed by atoms with Gasteiger partial charge in [-0.05, 0) is 18.2 Å². The van der Waals surface area contributed by atoms with Crippen LogP contribution in [0, 0.1) is 11.3 Å². The van der Waals surface area contributed by atoms with Crippen molar-refractivity contribution in [2.45, 2.75) is 20.0 Å². The molecular formula is C12H11N3O2. The Kier molecular flexibility index (Phi) is 3.36. The minimum atomic E-state index is 0.235. The molecule has 17 heavy (non-hydrogen) atoms. The van der Waals surface area contributed by atoms with E-state index in [9.17, 15) is 0 Å². The van der Waals surface area contributed by atoms with E-state index in [0.717, 1.165) is 0 Å². The molecule has 0 radical (unpaired) electrons. The maximum Gasteiger partial charge on any atom is 0.226 e. The Balaban J connectivity index is 1.99. The average Bonchev–Trinajstić information content (AvgIpc) is 2.84. The fraction of sp³-hybridized carbons (Fsp3) is 0.250. The lowest BCUT2D eigenvalue weighted by atomic mass is 10.2. The molecule has 86 valence electrons. The highest BCUT2D eigenvalue weighted by Crippen LogP contribution is 2.13. The van der Waals surface area contributed by atoms with Crippen molar-refractivity contribution in [1.82, 2.24) is 10.1 Å². The second-order valence-corrected chi connectivity index (χ2v) is 3.39. The largest absolute Gasteiger partial charge is 0.485 e. The normalized spacial score (nSPS) is 9.88. The van der Waals surface area contributed by atoms with E-state index < -0.39 is 0 Å². The first-order valence-electron chi connectivity index (χ1n) is 5.26. The lowest BCUT2D eigenvalue weighted by Crippen LogP contribution is -1.97. The van der Waals surface area contributed by atoms with Crippen LogP contribution in [0.4, 0.5) is 0 Å². The van der Waals surface area contributed by atoms with Crippen LogP contribution in [0.2, 0.25) is 0 Å². The van der Waals surface area contributed by atoms with Gasteiger partial charge >= 0.3 is 0 Å². The molecule has 5 heteroatoms. The van der Waals surface area contributed by atoms with E-state index in [4.69, 9.17) is 14.5 Å². The van der Waals surface area contributed by atoms with Crippen molar-refractivity contribution in [2.75, 3.05) is 0 Å². The molecule has 2 aromatic rings. The Labute approximate surface area is 98.6 Å². The molecule has 0 amide bonds. The van der Waals surface area contributed by atoms with Gasteiger partial charge in [0, 0.05) is 6.42 Å². The number of hydrogen-bond donors (Lipinski definition) is 0. The monoisotopic (exact) mass is 229 g/mol. The lowest BCUT2D eigenvalue weighted by molar-refractivity contribution is 0.285. The number of benzene rings is 1. The lowest BCUT2D eigenvalue weighted by Gasteiger charge is -2.02. The van der Waals surface area contributed by atoms with Crippen molar-refractivity contribution in [2.24, 2.45) is 0 Å². The molecule has 0 N–H and O–H groups in total. The van der Waals surface area contributed by atoms with Crippen molar-refractivity contribution in [1.29, 1.82) is 5.26 Å². The predicted octanol–water partition coefficient (Wildman–Crippen LogP) is 2.08. The van der Waals surface area contributed by atoms with Crippen LogP contribution in [0.3, 0.4) is 0 Å². The maximum atomic E-state index is 8.74. The Morgan fingerprint density at radius 3 is 3.06 bits per heavy atom. The molecule has 0 unspecified atom stereocenters. The highest BCUT2D eigenvalue weighted by Gasteiger charge is 2.05. The fourth-order valence-electron chi connectivity index (χ4n) is 1.30. The first-order chi connectivity index (χ1) is 8.31. The maximum absolute atomic E-state index is 8.74. The van der Waals surface area contributed by atoms with Gasteiger partial charge < -0.3 is 9.26 Å². The van der Waals surface area contributed by atoms with E-state index in [-0.39, 0.29) is 6.61 Å². The Morgan fingerprint density at radius 1 is 1.47 bits per heavy atom. The van der Waals surface area contributed by atoms with Crippen molar-refractivity contribution in [3.63, 3.8) is 0 Å². The van der Waals surface area contributed by atoms with E-state index in [1.807, 2.05) is 13.0 Å². The molecule has 0 bridgehead atoms. The predicted molar refractivity (Wildman–Crippen MR) is 59.2 cm³/mol. The SMILES string of the molecule is CCc1nc(COc2cccc(C#N)c2)no1. The molecule has 1 heterocycles. The summed E-state index contributed by atoms with van der Waals surface area (Å²) in [6, 6.07) is 8.98. The van der Waals surface area contributed by atoms with Crippen LogP contribution in [-0.2, 0) is 13.0 Å². The first-order valence-corrected chi connectivity index (χ1v) is 5.26. The van der Waals surface area contributed by atoms with Crippen LogP contribution < -0.4 is 4.74 Å². The Morgan fingerprint density at radius 2 is 2.35 bits per heavy atom. The summed E-state index contributed by atoms with van der Waals surface area (Å²) in [5.74, 6) is 1.71. The number of aryl methyl sites for hydroxylation is 1. The molecule has 0 fully saturated rings. The van der Waals surface area contributed by atoms with Gasteiger partial charge in [-0.1, -0.05) is 18.1 Å². The average molecular weight is 229 g/mol. The van der Waals surface area contributed by atoms with E-state index in [1.165, 1.54) is 0 Å². The van der Waals surface area contributed by atoms with Crippen molar-refractivity contribution in [3.8, 4) is 11.8 Å². The number of rotatable bonds is 4. The molecule has 0 aliphatic heterocycles. The summed E-state index contributed by atoms with van der Waals surface area (Å²) in [7, 11) is 0. The summed E-state index contributed by atoms with van der Waals surface area (Å²) in [4.78, 5) is 4.12. The summed E-state index contributed by atoms with van der Waals surface area (Å²) in [5, 5.41) is 12.5. The third-order valence-corrected chi connectivity index (χ3v) is 2.14. The highest BCUT2D eigenvalue weighted by molar-refractivity contribution is 5.36. The van der Waals surface area contributed by atoms with Crippen LogP contribution in [0.15, 0.2) is 28.8 Å². The van der Waals surface area contributed by atoms with Crippen LogP contribution in [-0.4, -0.2) is 10.1 Å². The summed E-state index contributed by atoms with van der Waals surface area (Å²) in [6.45, 7) is 2.17. The van der Waals surface area contributed by atoms with Gasteiger partial charge in [0.15, 0.2) is 6.61 Å². The standard InChI is InChI=1S/C12H11N3O2/c1-2-12-14-11(15-17-12)8-16-10-5-3-4-9(6-10)7-13/h3-6H,2,8H2,1H3. The van der Waals surface area contributed by atoms with E-state index in [1.54, 1.807) is 24.3 Å². The Hall–Kier alpha value is -2.35. The van der Waals surface area contributed by atoms with Gasteiger partial charge in [0.2, 0.25) is 11.7 Å². The minimum absolute atomic E-state index is 0.235. The van der Waals surface area contributed by atoms with Gasteiger partial charge in [0.25, 0.3) is 0 Å². The van der Waals surface area contributed by atoms with Gasteiger partial charge in [-0.15, -0.1) is 0 Å². The van der Waals surface area contributed by atoms with Crippen molar-refractivity contribution < 1.29 is 9.26 Å². The molecule has 2 rings (SSSR count). The molecule has 0 aliphatic rings. The number of nitriles is 1. The molecular weight excluding hydrogens is 218 g/mol. The van der Waals surface area contributed by atoms with E-state index in [2.05, 4.69) is 10.1 Å². The topological polar surface area (TPSA) is 71.9 Å². The molecule has 0 spiro atoms. The smallest absolute Gasteiger partial charge is 0.226 e. The highest BCUT2D eigenvalue weighted by atomic mass is 16.5. The van der Waals surface area contributed by atoms with E-state index >= 15 is 0 Å². The zero-order chi connectivity index (χ0) is 12.1.